The first-order valence-electron chi connectivity index (χ1n) is 6.18. The number of aromatic nitrogens is 2. The molecule has 0 unspecified atom stereocenters. The standard InChI is InChI=1S/C14H15N5O/c1-16-14(20)10-19-9-13(8-18-19)17-7-12-5-3-2-4-11(12)6-15/h2-5,8-9,17H,7,10H2,1H3,(H,16,20). The maximum absolute atomic E-state index is 11.2. The van der Waals surface area contributed by atoms with Crippen LogP contribution in [0.4, 0.5) is 5.69 Å². The van der Waals surface area contributed by atoms with Crippen LogP contribution in [0, 0.1) is 11.3 Å². The Balaban J connectivity index is 1.98. The molecule has 0 spiro atoms. The van der Waals surface area contributed by atoms with Crippen molar-refractivity contribution in [2.45, 2.75) is 13.1 Å². The summed E-state index contributed by atoms with van der Waals surface area (Å²) in [5, 5.41) is 18.8. The van der Waals surface area contributed by atoms with Gasteiger partial charge in [-0.2, -0.15) is 10.4 Å². The number of rotatable bonds is 5. The summed E-state index contributed by atoms with van der Waals surface area (Å²) in [5.41, 5.74) is 2.38. The molecule has 0 aliphatic rings. The lowest BCUT2D eigenvalue weighted by Crippen LogP contribution is -2.23. The van der Waals surface area contributed by atoms with Crippen LogP contribution in [0.3, 0.4) is 0 Å². The molecule has 0 saturated carbocycles. The number of nitriles is 1. The van der Waals surface area contributed by atoms with Crippen LogP contribution in [0.1, 0.15) is 11.1 Å². The molecule has 0 atom stereocenters. The van der Waals surface area contributed by atoms with Crippen molar-refractivity contribution in [3.63, 3.8) is 0 Å². The smallest absolute Gasteiger partial charge is 0.241 e. The fourth-order valence-electron chi connectivity index (χ4n) is 1.75. The van der Waals surface area contributed by atoms with Crippen molar-refractivity contribution in [1.82, 2.24) is 15.1 Å². The Kier molecular flexibility index (Phi) is 4.35. The van der Waals surface area contributed by atoms with Crippen molar-refractivity contribution in [2.24, 2.45) is 0 Å². The molecule has 0 fully saturated rings. The largest absolute Gasteiger partial charge is 0.378 e. The van der Waals surface area contributed by atoms with Crippen LogP contribution >= 0.6 is 0 Å². The van der Waals surface area contributed by atoms with E-state index >= 15 is 0 Å². The van der Waals surface area contributed by atoms with Gasteiger partial charge >= 0.3 is 0 Å². The second-order valence-electron chi connectivity index (χ2n) is 4.22. The molecule has 1 aromatic heterocycles. The number of amides is 1. The Labute approximate surface area is 117 Å². The van der Waals surface area contributed by atoms with Gasteiger partial charge in [0.1, 0.15) is 6.54 Å². The zero-order chi connectivity index (χ0) is 14.4. The second-order valence-corrected chi connectivity index (χ2v) is 4.22. The van der Waals surface area contributed by atoms with E-state index in [1.54, 1.807) is 30.2 Å². The normalized spacial score (nSPS) is 9.80. The Hall–Kier alpha value is -2.81. The van der Waals surface area contributed by atoms with Crippen molar-refractivity contribution in [1.29, 1.82) is 5.26 Å². The summed E-state index contributed by atoms with van der Waals surface area (Å²) in [6.45, 7) is 0.725. The summed E-state index contributed by atoms with van der Waals surface area (Å²) in [5.74, 6) is -0.102. The molecule has 0 saturated heterocycles. The number of anilines is 1. The van der Waals surface area contributed by atoms with E-state index in [1.807, 2.05) is 18.2 Å². The minimum atomic E-state index is -0.102. The van der Waals surface area contributed by atoms with Crippen LogP contribution in [0.2, 0.25) is 0 Å². The number of benzene rings is 1. The highest BCUT2D eigenvalue weighted by Crippen LogP contribution is 2.11. The van der Waals surface area contributed by atoms with Gasteiger partial charge in [-0.05, 0) is 11.6 Å². The minimum Gasteiger partial charge on any atom is -0.378 e. The lowest BCUT2D eigenvalue weighted by Gasteiger charge is -2.05. The van der Waals surface area contributed by atoms with E-state index < -0.39 is 0 Å². The van der Waals surface area contributed by atoms with Gasteiger partial charge in [0.05, 0.1) is 23.5 Å². The fourth-order valence-corrected chi connectivity index (χ4v) is 1.75. The highest BCUT2D eigenvalue weighted by molar-refractivity contribution is 5.75. The summed E-state index contributed by atoms with van der Waals surface area (Å²) in [4.78, 5) is 11.2. The van der Waals surface area contributed by atoms with Crippen LogP contribution in [-0.2, 0) is 17.9 Å². The molecule has 6 nitrogen and oxygen atoms in total. The SMILES string of the molecule is CNC(=O)Cn1cc(NCc2ccccc2C#N)cn1. The zero-order valence-electron chi connectivity index (χ0n) is 11.1. The van der Waals surface area contributed by atoms with Gasteiger partial charge in [-0.1, -0.05) is 18.2 Å². The van der Waals surface area contributed by atoms with Gasteiger partial charge < -0.3 is 10.6 Å². The van der Waals surface area contributed by atoms with Crippen LogP contribution in [-0.4, -0.2) is 22.7 Å². The topological polar surface area (TPSA) is 82.7 Å². The molecular weight excluding hydrogens is 254 g/mol. The molecule has 2 rings (SSSR count). The predicted molar refractivity (Wildman–Crippen MR) is 74.8 cm³/mol. The van der Waals surface area contributed by atoms with Crippen molar-refractivity contribution in [3.8, 4) is 6.07 Å². The summed E-state index contributed by atoms with van der Waals surface area (Å²) >= 11 is 0. The highest BCUT2D eigenvalue weighted by atomic mass is 16.1. The van der Waals surface area contributed by atoms with Crippen LogP contribution in [0.5, 0.6) is 0 Å². The van der Waals surface area contributed by atoms with Crippen molar-refractivity contribution < 1.29 is 4.79 Å². The first-order chi connectivity index (χ1) is 9.72. The van der Waals surface area contributed by atoms with Gasteiger partial charge in [0.2, 0.25) is 5.91 Å². The van der Waals surface area contributed by atoms with E-state index in [1.165, 1.54) is 0 Å². The quantitative estimate of drug-likeness (QED) is 0.852. The Morgan fingerprint density at radius 1 is 1.45 bits per heavy atom. The van der Waals surface area contributed by atoms with Gasteiger partial charge in [-0.25, -0.2) is 0 Å². The summed E-state index contributed by atoms with van der Waals surface area (Å²) in [7, 11) is 1.59. The van der Waals surface area contributed by atoms with Gasteiger partial charge in [0, 0.05) is 19.8 Å². The molecule has 6 heteroatoms. The van der Waals surface area contributed by atoms with Gasteiger partial charge in [0.25, 0.3) is 0 Å². The minimum absolute atomic E-state index is 0.102. The number of nitrogens with one attached hydrogen (secondary N) is 2. The van der Waals surface area contributed by atoms with Crippen LogP contribution < -0.4 is 10.6 Å². The Morgan fingerprint density at radius 2 is 2.25 bits per heavy atom. The van der Waals surface area contributed by atoms with Crippen molar-refractivity contribution in [2.75, 3.05) is 12.4 Å². The second kappa shape index (κ2) is 6.38. The maximum atomic E-state index is 11.2. The van der Waals surface area contributed by atoms with Crippen molar-refractivity contribution in [3.05, 3.63) is 47.8 Å². The third-order valence-corrected chi connectivity index (χ3v) is 2.84. The monoisotopic (exact) mass is 269 g/mol. The van der Waals surface area contributed by atoms with E-state index in [0.717, 1.165) is 11.3 Å². The third-order valence-electron chi connectivity index (χ3n) is 2.84. The fraction of sp³-hybridized carbons (Fsp3) is 0.214. The van der Waals surface area contributed by atoms with Gasteiger partial charge in [-0.15, -0.1) is 0 Å². The first-order valence-corrected chi connectivity index (χ1v) is 6.18. The van der Waals surface area contributed by atoms with Crippen LogP contribution in [0.25, 0.3) is 0 Å². The maximum Gasteiger partial charge on any atom is 0.241 e. The summed E-state index contributed by atoms with van der Waals surface area (Å²) < 4.78 is 1.55. The lowest BCUT2D eigenvalue weighted by molar-refractivity contribution is -0.121. The van der Waals surface area contributed by atoms with E-state index in [2.05, 4.69) is 21.8 Å². The average Bonchev–Trinajstić information content (AvgIpc) is 2.92. The molecule has 102 valence electrons. The molecule has 0 bridgehead atoms. The first kappa shape index (κ1) is 13.6. The Morgan fingerprint density at radius 3 is 3.00 bits per heavy atom. The number of hydrogen-bond acceptors (Lipinski definition) is 4. The molecule has 1 amide bonds. The number of nitrogens with zero attached hydrogens (tertiary/aromatic N) is 3. The molecule has 0 radical (unpaired) electrons. The predicted octanol–water partition coefficient (Wildman–Crippen LogP) is 1.11. The number of likely N-dealkylation sites (N-methyl/N-ethyl adjacent to an activating group) is 1. The van der Waals surface area contributed by atoms with Gasteiger partial charge in [-0.3, -0.25) is 9.48 Å². The molecular formula is C14H15N5O. The molecule has 2 N–H and O–H groups in total. The van der Waals surface area contributed by atoms with E-state index in [9.17, 15) is 4.79 Å². The van der Waals surface area contributed by atoms with Crippen LogP contribution in [0.15, 0.2) is 36.7 Å². The van der Waals surface area contributed by atoms with E-state index in [-0.39, 0.29) is 12.5 Å². The zero-order valence-corrected chi connectivity index (χ0v) is 11.1. The lowest BCUT2D eigenvalue weighted by atomic mass is 10.1. The molecule has 0 aliphatic carbocycles. The average molecular weight is 269 g/mol. The number of carbonyl (C=O) groups is 1. The number of carbonyl (C=O) groups excluding carboxylic acids is 1. The molecule has 1 heterocycles. The molecule has 0 aliphatic heterocycles. The molecule has 2 aromatic rings. The third kappa shape index (κ3) is 3.36. The molecule has 1 aromatic carbocycles. The summed E-state index contributed by atoms with van der Waals surface area (Å²) in [6, 6.07) is 9.58. The van der Waals surface area contributed by atoms with Gasteiger partial charge in [0.15, 0.2) is 0 Å². The molecule has 20 heavy (non-hydrogen) atoms. The van der Waals surface area contributed by atoms with E-state index in [4.69, 9.17) is 5.26 Å². The van der Waals surface area contributed by atoms with Crippen molar-refractivity contribution >= 4 is 11.6 Å². The van der Waals surface area contributed by atoms with E-state index in [0.29, 0.717) is 12.1 Å². The number of hydrogen-bond donors (Lipinski definition) is 2. The summed E-state index contributed by atoms with van der Waals surface area (Å²) in [6.07, 6.45) is 3.40. The Bertz CT molecular complexity index is 641. The highest BCUT2D eigenvalue weighted by Gasteiger charge is 2.04.